The highest BCUT2D eigenvalue weighted by atomic mass is 16.4. The molecule has 1 atom stereocenters. The quantitative estimate of drug-likeness (QED) is 0.777. The highest BCUT2D eigenvalue weighted by molar-refractivity contribution is 5.83. The molecule has 0 aromatic rings. The Bertz CT molecular complexity index is 379. The molecule has 2 N–H and O–H groups in total. The van der Waals surface area contributed by atoms with Gasteiger partial charge in [-0.1, -0.05) is 0 Å². The van der Waals surface area contributed by atoms with Gasteiger partial charge in [0.2, 0.25) is 11.8 Å². The van der Waals surface area contributed by atoms with Crippen molar-refractivity contribution >= 4 is 17.8 Å². The fourth-order valence-electron chi connectivity index (χ4n) is 2.28. The molecule has 1 aliphatic rings. The van der Waals surface area contributed by atoms with Gasteiger partial charge in [0.25, 0.3) is 0 Å². The second-order valence-electron chi connectivity index (χ2n) is 5.62. The van der Waals surface area contributed by atoms with E-state index in [0.29, 0.717) is 13.1 Å². The van der Waals surface area contributed by atoms with Crippen molar-refractivity contribution in [3.63, 3.8) is 0 Å². The molecule has 108 valence electrons. The van der Waals surface area contributed by atoms with Gasteiger partial charge in [-0.05, 0) is 32.6 Å². The van der Waals surface area contributed by atoms with Crippen LogP contribution in [-0.2, 0) is 14.4 Å². The summed E-state index contributed by atoms with van der Waals surface area (Å²) in [7, 11) is 0. The fraction of sp³-hybridized carbons (Fsp3) is 0.769. The standard InChI is InChI=1S/C13H22N2O4/c1-9(16)14-7-11(17)15-6-4-5-10(8-15)13(2,3)12(18)19/h10H,4-8H2,1-3H3,(H,14,16)(H,18,19). The summed E-state index contributed by atoms with van der Waals surface area (Å²) in [4.78, 5) is 35.6. The molecular weight excluding hydrogens is 248 g/mol. The zero-order valence-corrected chi connectivity index (χ0v) is 11.7. The van der Waals surface area contributed by atoms with Crippen molar-refractivity contribution in [2.75, 3.05) is 19.6 Å². The molecular formula is C13H22N2O4. The van der Waals surface area contributed by atoms with Crippen LogP contribution in [0, 0.1) is 11.3 Å². The number of hydrogen-bond acceptors (Lipinski definition) is 3. The molecule has 1 fully saturated rings. The van der Waals surface area contributed by atoms with Crippen molar-refractivity contribution < 1.29 is 19.5 Å². The highest BCUT2D eigenvalue weighted by Gasteiger charge is 2.39. The smallest absolute Gasteiger partial charge is 0.309 e. The van der Waals surface area contributed by atoms with Crippen molar-refractivity contribution in [3.8, 4) is 0 Å². The molecule has 0 aliphatic carbocycles. The van der Waals surface area contributed by atoms with E-state index in [1.165, 1.54) is 6.92 Å². The number of piperidine rings is 1. The summed E-state index contributed by atoms with van der Waals surface area (Å²) < 4.78 is 0. The lowest BCUT2D eigenvalue weighted by Crippen LogP contribution is -2.49. The number of likely N-dealkylation sites (tertiary alicyclic amines) is 1. The van der Waals surface area contributed by atoms with Crippen LogP contribution in [0.15, 0.2) is 0 Å². The summed E-state index contributed by atoms with van der Waals surface area (Å²) in [5.41, 5.74) is -0.840. The molecule has 2 amide bonds. The van der Waals surface area contributed by atoms with E-state index in [1.807, 2.05) is 0 Å². The van der Waals surface area contributed by atoms with Crippen molar-refractivity contribution in [1.29, 1.82) is 0 Å². The number of carboxylic acids is 1. The number of amides is 2. The lowest BCUT2D eigenvalue weighted by molar-refractivity contribution is -0.153. The molecule has 1 unspecified atom stereocenters. The molecule has 0 saturated carbocycles. The Labute approximate surface area is 113 Å². The maximum absolute atomic E-state index is 11.9. The largest absolute Gasteiger partial charge is 0.481 e. The first-order chi connectivity index (χ1) is 8.75. The van der Waals surface area contributed by atoms with E-state index >= 15 is 0 Å². The SMILES string of the molecule is CC(=O)NCC(=O)N1CCCC(C(C)(C)C(=O)O)C1. The van der Waals surface area contributed by atoms with Crippen LogP contribution >= 0.6 is 0 Å². The summed E-state index contributed by atoms with van der Waals surface area (Å²) in [6.07, 6.45) is 1.61. The third-order valence-electron chi connectivity index (χ3n) is 3.83. The number of carboxylic acid groups (broad SMARTS) is 1. The molecule has 1 aliphatic heterocycles. The van der Waals surface area contributed by atoms with Gasteiger partial charge >= 0.3 is 5.97 Å². The first kappa shape index (κ1) is 15.5. The number of hydrogen-bond donors (Lipinski definition) is 2. The van der Waals surface area contributed by atoms with Gasteiger partial charge in [-0.15, -0.1) is 0 Å². The molecule has 1 heterocycles. The number of carbonyl (C=O) groups excluding carboxylic acids is 2. The molecule has 19 heavy (non-hydrogen) atoms. The lowest BCUT2D eigenvalue weighted by Gasteiger charge is -2.39. The minimum Gasteiger partial charge on any atom is -0.481 e. The summed E-state index contributed by atoms with van der Waals surface area (Å²) in [6, 6.07) is 0. The van der Waals surface area contributed by atoms with Crippen molar-refractivity contribution in [2.24, 2.45) is 11.3 Å². The van der Waals surface area contributed by atoms with E-state index in [1.54, 1.807) is 18.7 Å². The lowest BCUT2D eigenvalue weighted by atomic mass is 9.74. The average molecular weight is 270 g/mol. The summed E-state index contributed by atoms with van der Waals surface area (Å²) in [6.45, 7) is 5.81. The Balaban J connectivity index is 2.62. The van der Waals surface area contributed by atoms with Gasteiger partial charge in [-0.25, -0.2) is 0 Å². The Morgan fingerprint density at radius 1 is 1.37 bits per heavy atom. The molecule has 1 saturated heterocycles. The Kier molecular flexibility index (Phi) is 4.91. The van der Waals surface area contributed by atoms with Gasteiger partial charge in [0, 0.05) is 20.0 Å². The van der Waals surface area contributed by atoms with Gasteiger partial charge in [0.1, 0.15) is 0 Å². The van der Waals surface area contributed by atoms with Gasteiger partial charge < -0.3 is 15.3 Å². The molecule has 0 radical (unpaired) electrons. The predicted molar refractivity (Wildman–Crippen MR) is 69.4 cm³/mol. The zero-order chi connectivity index (χ0) is 14.6. The minimum absolute atomic E-state index is 0.0183. The maximum Gasteiger partial charge on any atom is 0.309 e. The van der Waals surface area contributed by atoms with Crippen LogP contribution in [0.4, 0.5) is 0 Å². The van der Waals surface area contributed by atoms with Crippen LogP contribution in [0.5, 0.6) is 0 Å². The van der Waals surface area contributed by atoms with Crippen LogP contribution in [0.1, 0.15) is 33.6 Å². The van der Waals surface area contributed by atoms with E-state index in [-0.39, 0.29) is 24.3 Å². The molecule has 0 aromatic carbocycles. The van der Waals surface area contributed by atoms with E-state index < -0.39 is 11.4 Å². The molecule has 6 heteroatoms. The Morgan fingerprint density at radius 3 is 2.53 bits per heavy atom. The fourth-order valence-corrected chi connectivity index (χ4v) is 2.28. The second-order valence-corrected chi connectivity index (χ2v) is 5.62. The zero-order valence-electron chi connectivity index (χ0n) is 11.7. The number of carbonyl (C=O) groups is 3. The van der Waals surface area contributed by atoms with Gasteiger partial charge in [0.15, 0.2) is 0 Å². The topological polar surface area (TPSA) is 86.7 Å². The first-order valence-corrected chi connectivity index (χ1v) is 6.50. The minimum atomic E-state index is -0.840. The predicted octanol–water partition coefficient (Wildman–Crippen LogP) is 0.472. The number of rotatable bonds is 4. The third-order valence-corrected chi connectivity index (χ3v) is 3.83. The van der Waals surface area contributed by atoms with Gasteiger partial charge in [-0.3, -0.25) is 14.4 Å². The van der Waals surface area contributed by atoms with Gasteiger partial charge in [0.05, 0.1) is 12.0 Å². The number of nitrogens with zero attached hydrogens (tertiary/aromatic N) is 1. The van der Waals surface area contributed by atoms with Crippen molar-refractivity contribution in [1.82, 2.24) is 10.2 Å². The summed E-state index contributed by atoms with van der Waals surface area (Å²) in [5, 5.41) is 11.7. The van der Waals surface area contributed by atoms with Gasteiger partial charge in [-0.2, -0.15) is 0 Å². The monoisotopic (exact) mass is 270 g/mol. The third kappa shape index (κ3) is 3.94. The average Bonchev–Trinajstić information content (AvgIpc) is 2.35. The van der Waals surface area contributed by atoms with Crippen LogP contribution in [0.3, 0.4) is 0 Å². The summed E-state index contributed by atoms with van der Waals surface area (Å²) in [5.74, 6) is -1.29. The van der Waals surface area contributed by atoms with Crippen molar-refractivity contribution in [2.45, 2.75) is 33.6 Å². The molecule has 1 rings (SSSR count). The van der Waals surface area contributed by atoms with E-state index in [9.17, 15) is 19.5 Å². The molecule has 0 bridgehead atoms. The van der Waals surface area contributed by atoms with E-state index in [2.05, 4.69) is 5.32 Å². The second kappa shape index (κ2) is 6.04. The Hall–Kier alpha value is -1.59. The highest BCUT2D eigenvalue weighted by Crippen LogP contribution is 2.34. The van der Waals surface area contributed by atoms with Crippen molar-refractivity contribution in [3.05, 3.63) is 0 Å². The summed E-state index contributed by atoms with van der Waals surface area (Å²) >= 11 is 0. The van der Waals surface area contributed by atoms with Crippen LogP contribution in [0.25, 0.3) is 0 Å². The number of aliphatic carboxylic acids is 1. The number of nitrogens with one attached hydrogen (secondary N) is 1. The maximum atomic E-state index is 11.9. The van der Waals surface area contributed by atoms with Crippen LogP contribution in [0.2, 0.25) is 0 Å². The van der Waals surface area contributed by atoms with Crippen LogP contribution < -0.4 is 5.32 Å². The Morgan fingerprint density at radius 2 is 2.00 bits per heavy atom. The first-order valence-electron chi connectivity index (χ1n) is 6.50. The molecule has 0 spiro atoms. The van der Waals surface area contributed by atoms with E-state index in [4.69, 9.17) is 0 Å². The van der Waals surface area contributed by atoms with E-state index in [0.717, 1.165) is 12.8 Å². The van der Waals surface area contributed by atoms with Crippen LogP contribution in [-0.4, -0.2) is 47.4 Å². The normalized spacial score (nSPS) is 19.9. The molecule has 0 aromatic heterocycles. The molecule has 6 nitrogen and oxygen atoms in total.